The van der Waals surface area contributed by atoms with Crippen molar-refractivity contribution in [2.75, 3.05) is 14.2 Å². The van der Waals surface area contributed by atoms with Gasteiger partial charge in [0.2, 0.25) is 0 Å². The molecule has 0 radical (unpaired) electrons. The molecule has 1 heterocycles. The van der Waals surface area contributed by atoms with Crippen molar-refractivity contribution >= 4 is 17.2 Å². The molecule has 112 valence electrons. The van der Waals surface area contributed by atoms with E-state index in [2.05, 4.69) is 5.32 Å². The molecule has 1 N–H and O–H groups in total. The van der Waals surface area contributed by atoms with E-state index in [-0.39, 0.29) is 5.91 Å². The first-order valence-corrected chi connectivity index (χ1v) is 7.44. The van der Waals surface area contributed by atoms with Gasteiger partial charge in [-0.25, -0.2) is 0 Å². The fraction of sp³-hybridized carbons (Fsp3) is 0.312. The standard InChI is InChI=1S/C16H19NO3S/c1-16(2,11-5-7-12(19-3)8-6-11)17-15(18)14-13(20-4)9-10-21-14/h5-10H,1-4H3,(H,17,18). The van der Waals surface area contributed by atoms with Crippen LogP contribution in [0.2, 0.25) is 0 Å². The quantitative estimate of drug-likeness (QED) is 0.920. The average Bonchev–Trinajstić information content (AvgIpc) is 2.95. The molecule has 5 heteroatoms. The molecule has 0 aliphatic rings. The highest BCUT2D eigenvalue weighted by Gasteiger charge is 2.25. The van der Waals surface area contributed by atoms with Gasteiger partial charge in [0, 0.05) is 0 Å². The van der Waals surface area contributed by atoms with Crippen LogP contribution in [0.5, 0.6) is 11.5 Å². The molecule has 4 nitrogen and oxygen atoms in total. The van der Waals surface area contributed by atoms with Gasteiger partial charge in [-0.05, 0) is 43.0 Å². The third-order valence-electron chi connectivity index (χ3n) is 3.29. The van der Waals surface area contributed by atoms with Gasteiger partial charge in [0.25, 0.3) is 5.91 Å². The monoisotopic (exact) mass is 305 g/mol. The SMILES string of the molecule is COc1ccc(C(C)(C)NC(=O)c2sccc2OC)cc1. The van der Waals surface area contributed by atoms with Gasteiger partial charge in [-0.1, -0.05) is 12.1 Å². The zero-order valence-electron chi connectivity index (χ0n) is 12.6. The molecule has 0 saturated carbocycles. The number of hydrogen-bond acceptors (Lipinski definition) is 4. The lowest BCUT2D eigenvalue weighted by atomic mass is 9.94. The van der Waals surface area contributed by atoms with Crippen molar-refractivity contribution in [2.45, 2.75) is 19.4 Å². The lowest BCUT2D eigenvalue weighted by Gasteiger charge is -2.27. The topological polar surface area (TPSA) is 47.6 Å². The third-order valence-corrected chi connectivity index (χ3v) is 4.19. The van der Waals surface area contributed by atoms with Crippen LogP contribution in [0.4, 0.5) is 0 Å². The Balaban J connectivity index is 2.17. The van der Waals surface area contributed by atoms with Gasteiger partial charge < -0.3 is 14.8 Å². The van der Waals surface area contributed by atoms with Gasteiger partial charge >= 0.3 is 0 Å². The van der Waals surface area contributed by atoms with Crippen molar-refractivity contribution in [3.8, 4) is 11.5 Å². The maximum Gasteiger partial charge on any atom is 0.265 e. The molecule has 1 amide bonds. The molecule has 2 aromatic rings. The third kappa shape index (κ3) is 3.36. The number of hydrogen-bond donors (Lipinski definition) is 1. The summed E-state index contributed by atoms with van der Waals surface area (Å²) >= 11 is 1.37. The second-order valence-corrected chi connectivity index (χ2v) is 6.04. The molecule has 0 aliphatic heterocycles. The van der Waals surface area contributed by atoms with Crippen LogP contribution in [0.15, 0.2) is 35.7 Å². The molecular formula is C16H19NO3S. The van der Waals surface area contributed by atoms with Crippen LogP contribution in [0.3, 0.4) is 0 Å². The Bertz CT molecular complexity index is 617. The van der Waals surface area contributed by atoms with E-state index in [1.807, 2.05) is 43.5 Å². The van der Waals surface area contributed by atoms with E-state index in [0.29, 0.717) is 10.6 Å². The predicted octanol–water partition coefficient (Wildman–Crippen LogP) is 3.43. The molecule has 0 saturated heterocycles. The van der Waals surface area contributed by atoms with Crippen LogP contribution >= 0.6 is 11.3 Å². The fourth-order valence-electron chi connectivity index (χ4n) is 2.04. The minimum absolute atomic E-state index is 0.136. The molecule has 0 unspecified atom stereocenters. The van der Waals surface area contributed by atoms with E-state index < -0.39 is 5.54 Å². The number of carbonyl (C=O) groups excluding carboxylic acids is 1. The van der Waals surface area contributed by atoms with Crippen LogP contribution in [0, 0.1) is 0 Å². The summed E-state index contributed by atoms with van der Waals surface area (Å²) in [7, 11) is 3.19. The van der Waals surface area contributed by atoms with Gasteiger partial charge in [-0.15, -0.1) is 11.3 Å². The molecule has 1 aromatic heterocycles. The number of amides is 1. The molecule has 21 heavy (non-hydrogen) atoms. The fourth-order valence-corrected chi connectivity index (χ4v) is 2.80. The molecule has 0 atom stereocenters. The summed E-state index contributed by atoms with van der Waals surface area (Å²) in [5.41, 5.74) is 0.519. The van der Waals surface area contributed by atoms with Crippen LogP contribution in [0.25, 0.3) is 0 Å². The first-order valence-electron chi connectivity index (χ1n) is 6.56. The molecule has 2 rings (SSSR count). The Morgan fingerprint density at radius 2 is 1.76 bits per heavy atom. The van der Waals surface area contributed by atoms with Gasteiger partial charge in [0.1, 0.15) is 16.4 Å². The van der Waals surface area contributed by atoms with Gasteiger partial charge in [-0.2, -0.15) is 0 Å². The maximum absolute atomic E-state index is 12.4. The van der Waals surface area contributed by atoms with Gasteiger partial charge in [-0.3, -0.25) is 4.79 Å². The molecule has 0 spiro atoms. The van der Waals surface area contributed by atoms with Gasteiger partial charge in [0.05, 0.1) is 19.8 Å². The minimum atomic E-state index is -0.488. The Hall–Kier alpha value is -2.01. The summed E-state index contributed by atoms with van der Waals surface area (Å²) in [6.07, 6.45) is 0. The number of carbonyl (C=O) groups is 1. The van der Waals surface area contributed by atoms with Crippen molar-refractivity contribution in [3.63, 3.8) is 0 Å². The van der Waals surface area contributed by atoms with Crippen LogP contribution < -0.4 is 14.8 Å². The van der Waals surface area contributed by atoms with E-state index in [0.717, 1.165) is 11.3 Å². The molecule has 0 bridgehead atoms. The first-order chi connectivity index (χ1) is 9.97. The lowest BCUT2D eigenvalue weighted by Crippen LogP contribution is -2.40. The van der Waals surface area contributed by atoms with E-state index >= 15 is 0 Å². The Labute approximate surface area is 128 Å². The van der Waals surface area contributed by atoms with E-state index in [4.69, 9.17) is 9.47 Å². The van der Waals surface area contributed by atoms with Crippen molar-refractivity contribution in [2.24, 2.45) is 0 Å². The average molecular weight is 305 g/mol. The predicted molar refractivity (Wildman–Crippen MR) is 84.4 cm³/mol. The van der Waals surface area contributed by atoms with Crippen LogP contribution in [0.1, 0.15) is 29.1 Å². The summed E-state index contributed by atoms with van der Waals surface area (Å²) in [6.45, 7) is 3.93. The largest absolute Gasteiger partial charge is 0.497 e. The number of ether oxygens (including phenoxy) is 2. The second kappa shape index (κ2) is 6.18. The summed E-state index contributed by atoms with van der Waals surface area (Å²) < 4.78 is 10.3. The highest BCUT2D eigenvalue weighted by atomic mass is 32.1. The van der Waals surface area contributed by atoms with Crippen molar-refractivity contribution < 1.29 is 14.3 Å². The Morgan fingerprint density at radius 3 is 2.33 bits per heavy atom. The summed E-state index contributed by atoms with van der Waals surface area (Å²) in [4.78, 5) is 13.0. The van der Waals surface area contributed by atoms with Crippen molar-refractivity contribution in [1.82, 2.24) is 5.32 Å². The second-order valence-electron chi connectivity index (χ2n) is 5.13. The summed E-state index contributed by atoms with van der Waals surface area (Å²) in [5.74, 6) is 1.26. The van der Waals surface area contributed by atoms with Crippen LogP contribution in [-0.2, 0) is 5.54 Å². The Morgan fingerprint density at radius 1 is 1.10 bits per heavy atom. The zero-order valence-corrected chi connectivity index (χ0v) is 13.4. The smallest absolute Gasteiger partial charge is 0.265 e. The summed E-state index contributed by atoms with van der Waals surface area (Å²) in [5, 5.41) is 4.88. The number of thiophene rings is 1. The minimum Gasteiger partial charge on any atom is -0.497 e. The first kappa shape index (κ1) is 15.4. The van der Waals surface area contributed by atoms with Crippen molar-refractivity contribution in [3.05, 3.63) is 46.2 Å². The lowest BCUT2D eigenvalue weighted by molar-refractivity contribution is 0.0913. The highest BCUT2D eigenvalue weighted by Crippen LogP contribution is 2.27. The molecule has 0 aliphatic carbocycles. The number of nitrogens with one attached hydrogen (secondary N) is 1. The number of methoxy groups -OCH3 is 2. The van der Waals surface area contributed by atoms with E-state index in [1.165, 1.54) is 11.3 Å². The molecule has 0 fully saturated rings. The Kier molecular flexibility index (Phi) is 4.53. The molecule has 1 aromatic carbocycles. The van der Waals surface area contributed by atoms with E-state index in [1.54, 1.807) is 20.3 Å². The normalized spacial score (nSPS) is 11.0. The maximum atomic E-state index is 12.4. The van der Waals surface area contributed by atoms with Crippen molar-refractivity contribution in [1.29, 1.82) is 0 Å². The zero-order chi connectivity index (χ0) is 15.5. The molecular weight excluding hydrogens is 286 g/mol. The van der Waals surface area contributed by atoms with Gasteiger partial charge in [0.15, 0.2) is 0 Å². The highest BCUT2D eigenvalue weighted by molar-refractivity contribution is 7.12. The number of benzene rings is 1. The number of rotatable bonds is 5. The van der Waals surface area contributed by atoms with Crippen LogP contribution in [-0.4, -0.2) is 20.1 Å². The summed E-state index contributed by atoms with van der Waals surface area (Å²) in [6, 6.07) is 9.46. The van der Waals surface area contributed by atoms with E-state index in [9.17, 15) is 4.79 Å².